The van der Waals surface area contributed by atoms with Gasteiger partial charge in [0.25, 0.3) is 5.91 Å². The molecule has 0 spiro atoms. The maximum atomic E-state index is 13.3. The second-order valence-electron chi connectivity index (χ2n) is 7.04. The Bertz CT molecular complexity index is 783. The molecule has 1 aromatic carbocycles. The van der Waals surface area contributed by atoms with Crippen LogP contribution in [0.25, 0.3) is 10.9 Å². The number of pyridine rings is 1. The van der Waals surface area contributed by atoms with Crippen LogP contribution in [0.5, 0.6) is 0 Å². The number of rotatable bonds is 1. The Balaban J connectivity index is 1.86. The molecule has 4 nitrogen and oxygen atoms in total. The molecule has 0 unspecified atom stereocenters. The first kappa shape index (κ1) is 14.6. The molecule has 4 rings (SSSR count). The van der Waals surface area contributed by atoms with Crippen LogP contribution in [-0.2, 0) is 0 Å². The van der Waals surface area contributed by atoms with Crippen LogP contribution in [0.1, 0.15) is 40.0 Å². The number of hydrogen-bond acceptors (Lipinski definition) is 3. The van der Waals surface area contributed by atoms with Gasteiger partial charge in [-0.3, -0.25) is 9.78 Å². The third-order valence-electron chi connectivity index (χ3n) is 5.22. The molecule has 0 saturated carbocycles. The standard InChI is InChI=1S/C19H23N3O/c1-11-6-12(2)18-16(7-11)17(8-13(3)21-18)19(23)22-14-4-5-15(22)10-20-9-14/h6-8,14-15,20H,4-5,9-10H2,1-3H3/t14-,15+. The zero-order chi connectivity index (χ0) is 16.1. The number of carbonyl (C=O) groups excluding carboxylic acids is 1. The van der Waals surface area contributed by atoms with E-state index in [1.165, 1.54) is 5.56 Å². The molecule has 2 atom stereocenters. The van der Waals surface area contributed by atoms with Crippen molar-refractivity contribution in [1.29, 1.82) is 0 Å². The third kappa shape index (κ3) is 2.32. The molecular formula is C19H23N3O. The summed E-state index contributed by atoms with van der Waals surface area (Å²) in [6.07, 6.45) is 2.23. The average Bonchev–Trinajstić information content (AvgIpc) is 2.76. The zero-order valence-corrected chi connectivity index (χ0v) is 14.0. The summed E-state index contributed by atoms with van der Waals surface area (Å²) in [5.41, 5.74) is 5.01. The van der Waals surface area contributed by atoms with E-state index in [9.17, 15) is 4.79 Å². The van der Waals surface area contributed by atoms with Crippen LogP contribution in [0, 0.1) is 20.8 Å². The first-order chi connectivity index (χ1) is 11.0. The van der Waals surface area contributed by atoms with Gasteiger partial charge in [-0.15, -0.1) is 0 Å². The first-order valence-electron chi connectivity index (χ1n) is 8.46. The molecule has 23 heavy (non-hydrogen) atoms. The van der Waals surface area contributed by atoms with Crippen molar-refractivity contribution in [2.75, 3.05) is 13.1 Å². The number of carbonyl (C=O) groups is 1. The van der Waals surface area contributed by atoms with E-state index >= 15 is 0 Å². The van der Waals surface area contributed by atoms with Gasteiger partial charge in [0.05, 0.1) is 11.1 Å². The topological polar surface area (TPSA) is 45.2 Å². The van der Waals surface area contributed by atoms with Crippen molar-refractivity contribution in [2.45, 2.75) is 45.7 Å². The molecule has 0 aliphatic carbocycles. The molecule has 1 aromatic heterocycles. The van der Waals surface area contributed by atoms with E-state index in [0.717, 1.165) is 53.7 Å². The molecule has 2 bridgehead atoms. The predicted molar refractivity (Wildman–Crippen MR) is 91.8 cm³/mol. The van der Waals surface area contributed by atoms with E-state index in [0.29, 0.717) is 12.1 Å². The second kappa shape index (κ2) is 5.31. The molecule has 2 aliphatic heterocycles. The predicted octanol–water partition coefficient (Wildman–Crippen LogP) is 2.74. The van der Waals surface area contributed by atoms with Gasteiger partial charge in [-0.2, -0.15) is 0 Å². The summed E-state index contributed by atoms with van der Waals surface area (Å²) in [7, 11) is 0. The van der Waals surface area contributed by atoms with Crippen molar-refractivity contribution in [1.82, 2.24) is 15.2 Å². The lowest BCUT2D eigenvalue weighted by molar-refractivity contribution is 0.0621. The fraction of sp³-hybridized carbons (Fsp3) is 0.474. The van der Waals surface area contributed by atoms with Crippen LogP contribution in [0.4, 0.5) is 0 Å². The number of benzene rings is 1. The minimum Gasteiger partial charge on any atom is -0.330 e. The Morgan fingerprint density at radius 1 is 1.13 bits per heavy atom. The number of nitrogens with zero attached hydrogens (tertiary/aromatic N) is 2. The summed E-state index contributed by atoms with van der Waals surface area (Å²) in [6.45, 7) is 7.96. The molecular weight excluding hydrogens is 286 g/mol. The smallest absolute Gasteiger partial charge is 0.255 e. The molecule has 0 radical (unpaired) electrons. The Kier molecular flexibility index (Phi) is 3.38. The monoisotopic (exact) mass is 309 g/mol. The van der Waals surface area contributed by atoms with Gasteiger partial charge in [0.1, 0.15) is 0 Å². The molecule has 120 valence electrons. The SMILES string of the molecule is Cc1cc(C)c2nc(C)cc(C(=O)N3[C@@H]4CC[C@H]3CNC4)c2c1. The lowest BCUT2D eigenvalue weighted by Gasteiger charge is -2.35. The van der Waals surface area contributed by atoms with Gasteiger partial charge in [-0.05, 0) is 51.3 Å². The van der Waals surface area contributed by atoms with E-state index < -0.39 is 0 Å². The molecule has 2 saturated heterocycles. The van der Waals surface area contributed by atoms with E-state index in [1.54, 1.807) is 0 Å². The number of nitrogens with one attached hydrogen (secondary N) is 1. The molecule has 3 heterocycles. The first-order valence-corrected chi connectivity index (χ1v) is 8.46. The van der Waals surface area contributed by atoms with Crippen LogP contribution in [0.3, 0.4) is 0 Å². The highest BCUT2D eigenvalue weighted by Gasteiger charge is 2.40. The van der Waals surface area contributed by atoms with Gasteiger partial charge >= 0.3 is 0 Å². The van der Waals surface area contributed by atoms with Crippen LogP contribution in [-0.4, -0.2) is 41.0 Å². The van der Waals surface area contributed by atoms with Gasteiger partial charge in [0, 0.05) is 36.3 Å². The minimum atomic E-state index is 0.180. The fourth-order valence-corrected chi connectivity index (χ4v) is 4.24. The number of piperazine rings is 1. The summed E-state index contributed by atoms with van der Waals surface area (Å²) in [5.74, 6) is 0.180. The van der Waals surface area contributed by atoms with Crippen LogP contribution in [0.15, 0.2) is 18.2 Å². The summed E-state index contributed by atoms with van der Waals surface area (Å²) in [4.78, 5) is 20.1. The fourth-order valence-electron chi connectivity index (χ4n) is 4.24. The maximum Gasteiger partial charge on any atom is 0.255 e. The van der Waals surface area contributed by atoms with Crippen LogP contribution in [0.2, 0.25) is 0 Å². The lowest BCUT2D eigenvalue weighted by atomic mass is 10.00. The maximum absolute atomic E-state index is 13.3. The molecule has 1 amide bonds. The second-order valence-corrected chi connectivity index (χ2v) is 7.04. The number of amides is 1. The van der Waals surface area contributed by atoms with Gasteiger partial charge in [0.2, 0.25) is 0 Å². The summed E-state index contributed by atoms with van der Waals surface area (Å²) < 4.78 is 0. The highest BCUT2D eigenvalue weighted by molar-refractivity contribution is 6.07. The van der Waals surface area contributed by atoms with E-state index in [-0.39, 0.29) is 5.91 Å². The average molecular weight is 309 g/mol. The van der Waals surface area contributed by atoms with E-state index in [2.05, 4.69) is 41.2 Å². The third-order valence-corrected chi connectivity index (χ3v) is 5.22. The largest absolute Gasteiger partial charge is 0.330 e. The van der Waals surface area contributed by atoms with Gasteiger partial charge in [0.15, 0.2) is 0 Å². The number of aryl methyl sites for hydroxylation is 3. The van der Waals surface area contributed by atoms with Crippen molar-refractivity contribution >= 4 is 16.8 Å². The Morgan fingerprint density at radius 3 is 2.52 bits per heavy atom. The van der Waals surface area contributed by atoms with Crippen molar-refractivity contribution < 1.29 is 4.79 Å². The number of fused-ring (bicyclic) bond motifs is 3. The van der Waals surface area contributed by atoms with Gasteiger partial charge in [-0.1, -0.05) is 11.6 Å². The molecule has 2 aromatic rings. The highest BCUT2D eigenvalue weighted by atomic mass is 16.2. The number of aromatic nitrogens is 1. The Labute approximate surface area is 136 Å². The van der Waals surface area contributed by atoms with Crippen molar-refractivity contribution in [2.24, 2.45) is 0 Å². The summed E-state index contributed by atoms with van der Waals surface area (Å²) >= 11 is 0. The molecule has 2 aliphatic rings. The summed E-state index contributed by atoms with van der Waals surface area (Å²) in [5, 5.41) is 4.44. The Morgan fingerprint density at radius 2 is 1.83 bits per heavy atom. The van der Waals surface area contributed by atoms with Crippen molar-refractivity contribution in [3.8, 4) is 0 Å². The van der Waals surface area contributed by atoms with Gasteiger partial charge < -0.3 is 10.2 Å². The highest BCUT2D eigenvalue weighted by Crippen LogP contribution is 2.31. The molecule has 4 heteroatoms. The lowest BCUT2D eigenvalue weighted by Crippen LogP contribution is -2.54. The number of hydrogen-bond donors (Lipinski definition) is 1. The Hall–Kier alpha value is -1.94. The quantitative estimate of drug-likeness (QED) is 0.881. The van der Waals surface area contributed by atoms with Crippen molar-refractivity contribution in [3.05, 3.63) is 40.6 Å². The molecule has 1 N–H and O–H groups in total. The molecule has 2 fully saturated rings. The van der Waals surface area contributed by atoms with E-state index in [4.69, 9.17) is 0 Å². The van der Waals surface area contributed by atoms with Gasteiger partial charge in [-0.25, -0.2) is 0 Å². The minimum absolute atomic E-state index is 0.180. The van der Waals surface area contributed by atoms with Crippen LogP contribution >= 0.6 is 0 Å². The normalized spacial score (nSPS) is 23.5. The van der Waals surface area contributed by atoms with E-state index in [1.807, 2.05) is 13.0 Å². The van der Waals surface area contributed by atoms with Crippen molar-refractivity contribution in [3.63, 3.8) is 0 Å². The summed E-state index contributed by atoms with van der Waals surface area (Å²) in [6, 6.07) is 6.89. The zero-order valence-electron chi connectivity index (χ0n) is 14.0. The van der Waals surface area contributed by atoms with Crippen LogP contribution < -0.4 is 5.32 Å².